The molecule has 0 saturated carbocycles. The minimum atomic E-state index is -3.49. The van der Waals surface area contributed by atoms with Crippen molar-refractivity contribution in [3.8, 4) is 0 Å². The molecule has 0 heterocycles. The molecule has 0 fully saturated rings. The van der Waals surface area contributed by atoms with E-state index in [1.807, 2.05) is 27.7 Å². The molecule has 20 heavy (non-hydrogen) atoms. The normalized spacial score (nSPS) is 14.2. The van der Waals surface area contributed by atoms with Crippen LogP contribution in [0.2, 0.25) is 0 Å². The summed E-state index contributed by atoms with van der Waals surface area (Å²) in [5.41, 5.74) is 6.34. The fourth-order valence-corrected chi connectivity index (χ4v) is 3.88. The van der Waals surface area contributed by atoms with Crippen LogP contribution < -0.4 is 10.5 Å². The molecule has 3 N–H and O–H groups in total. The molecule has 0 bridgehead atoms. The summed E-state index contributed by atoms with van der Waals surface area (Å²) in [6.45, 7) is 7.90. The van der Waals surface area contributed by atoms with Gasteiger partial charge in [-0.05, 0) is 43.9 Å². The van der Waals surface area contributed by atoms with Crippen molar-refractivity contribution in [1.82, 2.24) is 4.72 Å². The van der Waals surface area contributed by atoms with Crippen molar-refractivity contribution >= 4 is 10.0 Å². The van der Waals surface area contributed by atoms with Crippen molar-refractivity contribution in [2.45, 2.75) is 63.4 Å². The van der Waals surface area contributed by atoms with Crippen LogP contribution in [0.25, 0.3) is 0 Å². The van der Waals surface area contributed by atoms with Gasteiger partial charge in [0.25, 0.3) is 0 Å². The molecule has 0 aromatic heterocycles. The Kier molecular flexibility index (Phi) is 5.74. The molecule has 1 rings (SSSR count). The fourth-order valence-electron chi connectivity index (χ4n) is 2.26. The highest BCUT2D eigenvalue weighted by molar-refractivity contribution is 7.89. The fraction of sp³-hybridized carbons (Fsp3) is 0.600. The summed E-state index contributed by atoms with van der Waals surface area (Å²) in [6, 6.07) is 6.68. The molecule has 0 saturated heterocycles. The van der Waals surface area contributed by atoms with Gasteiger partial charge in [0.05, 0.1) is 4.90 Å². The highest BCUT2D eigenvalue weighted by Gasteiger charge is 2.30. The van der Waals surface area contributed by atoms with Crippen molar-refractivity contribution in [2.24, 2.45) is 5.73 Å². The molecule has 0 aliphatic carbocycles. The first-order valence-corrected chi connectivity index (χ1v) is 8.68. The van der Waals surface area contributed by atoms with E-state index in [1.54, 1.807) is 24.3 Å². The summed E-state index contributed by atoms with van der Waals surface area (Å²) in [6.07, 6.45) is 2.32. The van der Waals surface area contributed by atoms with Crippen molar-refractivity contribution in [1.29, 1.82) is 0 Å². The first-order valence-electron chi connectivity index (χ1n) is 7.19. The summed E-state index contributed by atoms with van der Waals surface area (Å²) in [5, 5.41) is 0. The van der Waals surface area contributed by atoms with Gasteiger partial charge in [-0.2, -0.15) is 0 Å². The largest absolute Gasteiger partial charge is 0.324 e. The molecule has 5 heteroatoms. The third-order valence-electron chi connectivity index (χ3n) is 4.10. The van der Waals surface area contributed by atoms with Crippen molar-refractivity contribution in [2.75, 3.05) is 0 Å². The molecule has 0 aliphatic rings. The third-order valence-corrected chi connectivity index (χ3v) is 5.69. The van der Waals surface area contributed by atoms with Crippen LogP contribution in [0, 0.1) is 0 Å². The van der Waals surface area contributed by atoms with E-state index in [9.17, 15) is 8.42 Å². The number of hydrogen-bond acceptors (Lipinski definition) is 3. The Morgan fingerprint density at radius 3 is 1.90 bits per heavy atom. The topological polar surface area (TPSA) is 72.2 Å². The van der Waals surface area contributed by atoms with Crippen LogP contribution in [0.3, 0.4) is 0 Å². The monoisotopic (exact) mass is 298 g/mol. The molecule has 1 aromatic rings. The summed E-state index contributed by atoms with van der Waals surface area (Å²) in [4.78, 5) is 0.293. The summed E-state index contributed by atoms with van der Waals surface area (Å²) in [7, 11) is -3.49. The average Bonchev–Trinajstić information content (AvgIpc) is 2.45. The van der Waals surface area contributed by atoms with Gasteiger partial charge in [-0.3, -0.25) is 0 Å². The number of benzene rings is 1. The maximum absolute atomic E-state index is 12.5. The summed E-state index contributed by atoms with van der Waals surface area (Å²) < 4.78 is 27.8. The lowest BCUT2D eigenvalue weighted by Gasteiger charge is -2.31. The van der Waals surface area contributed by atoms with Crippen LogP contribution in [0.15, 0.2) is 29.2 Å². The average molecular weight is 298 g/mol. The van der Waals surface area contributed by atoms with Crippen LogP contribution in [-0.2, 0) is 10.0 Å². The zero-order valence-electron chi connectivity index (χ0n) is 12.8. The molecule has 1 atom stereocenters. The maximum Gasteiger partial charge on any atom is 0.241 e. The van der Waals surface area contributed by atoms with E-state index in [4.69, 9.17) is 5.73 Å². The van der Waals surface area contributed by atoms with E-state index in [-0.39, 0.29) is 11.6 Å². The lowest BCUT2D eigenvalue weighted by molar-refractivity contribution is 0.341. The van der Waals surface area contributed by atoms with E-state index in [0.717, 1.165) is 24.8 Å². The molecular weight excluding hydrogens is 272 g/mol. The Morgan fingerprint density at radius 1 is 1.10 bits per heavy atom. The van der Waals surface area contributed by atoms with Gasteiger partial charge < -0.3 is 5.73 Å². The summed E-state index contributed by atoms with van der Waals surface area (Å²) >= 11 is 0. The van der Waals surface area contributed by atoms with Gasteiger partial charge in [0.1, 0.15) is 0 Å². The quantitative estimate of drug-likeness (QED) is 0.813. The lowest BCUT2D eigenvalue weighted by atomic mass is 9.91. The molecular formula is C15H26N2O2S. The minimum absolute atomic E-state index is 0.0965. The Morgan fingerprint density at radius 2 is 1.55 bits per heavy atom. The van der Waals surface area contributed by atoms with Gasteiger partial charge in [0, 0.05) is 11.6 Å². The van der Waals surface area contributed by atoms with Crippen LogP contribution in [-0.4, -0.2) is 14.0 Å². The van der Waals surface area contributed by atoms with Crippen molar-refractivity contribution in [3.05, 3.63) is 29.8 Å². The molecule has 114 valence electrons. The second kappa shape index (κ2) is 6.70. The smallest absolute Gasteiger partial charge is 0.241 e. The van der Waals surface area contributed by atoms with Crippen molar-refractivity contribution in [3.63, 3.8) is 0 Å². The second-order valence-electron chi connectivity index (χ2n) is 5.30. The third kappa shape index (κ3) is 3.81. The van der Waals surface area contributed by atoms with E-state index in [2.05, 4.69) is 4.72 Å². The molecule has 4 nitrogen and oxygen atoms in total. The Bertz CT molecular complexity index is 509. The number of nitrogens with one attached hydrogen (secondary N) is 1. The van der Waals surface area contributed by atoms with Crippen LogP contribution >= 0.6 is 0 Å². The zero-order chi connectivity index (χ0) is 15.4. The molecule has 0 amide bonds. The van der Waals surface area contributed by atoms with Gasteiger partial charge in [-0.25, -0.2) is 13.1 Å². The number of rotatable bonds is 7. The highest BCUT2D eigenvalue weighted by Crippen LogP contribution is 2.23. The number of nitrogens with two attached hydrogens (primary N) is 1. The summed E-state index contributed by atoms with van der Waals surface area (Å²) in [5.74, 6) is 0. The van der Waals surface area contributed by atoms with E-state index in [1.165, 1.54) is 0 Å². The van der Waals surface area contributed by atoms with Crippen molar-refractivity contribution < 1.29 is 8.42 Å². The standard InChI is InChI=1S/C15H26N2O2S/c1-5-15(6-2,7-3)17-20(18,19)14-10-8-13(9-11-14)12(4)16/h8-12,17H,5-7,16H2,1-4H3. The van der Waals surface area contributed by atoms with Crippen LogP contribution in [0.1, 0.15) is 58.6 Å². The Labute approximate surface area is 122 Å². The molecule has 0 spiro atoms. The number of sulfonamides is 1. The Hall–Kier alpha value is -0.910. The van der Waals surface area contributed by atoms with Gasteiger partial charge in [-0.1, -0.05) is 32.9 Å². The van der Waals surface area contributed by atoms with E-state index in [0.29, 0.717) is 4.90 Å². The zero-order valence-corrected chi connectivity index (χ0v) is 13.6. The second-order valence-corrected chi connectivity index (χ2v) is 6.99. The molecule has 1 aromatic carbocycles. The molecule has 0 radical (unpaired) electrons. The minimum Gasteiger partial charge on any atom is -0.324 e. The predicted molar refractivity (Wildman–Crippen MR) is 83.0 cm³/mol. The Balaban J connectivity index is 3.04. The lowest BCUT2D eigenvalue weighted by Crippen LogP contribution is -2.46. The first kappa shape index (κ1) is 17.1. The van der Waals surface area contributed by atoms with E-state index < -0.39 is 10.0 Å². The predicted octanol–water partition coefficient (Wildman–Crippen LogP) is 2.95. The SMILES string of the molecule is CCC(CC)(CC)NS(=O)(=O)c1ccc(C(C)N)cc1. The van der Waals surface area contributed by atoms with Crippen LogP contribution in [0.4, 0.5) is 0 Å². The van der Waals surface area contributed by atoms with Gasteiger partial charge in [0.15, 0.2) is 0 Å². The maximum atomic E-state index is 12.5. The molecule has 1 unspecified atom stereocenters. The van der Waals surface area contributed by atoms with Gasteiger partial charge in [-0.15, -0.1) is 0 Å². The van der Waals surface area contributed by atoms with Gasteiger partial charge in [0.2, 0.25) is 10.0 Å². The highest BCUT2D eigenvalue weighted by atomic mass is 32.2. The first-order chi connectivity index (χ1) is 9.30. The molecule has 0 aliphatic heterocycles. The van der Waals surface area contributed by atoms with E-state index >= 15 is 0 Å². The van der Waals surface area contributed by atoms with Crippen LogP contribution in [0.5, 0.6) is 0 Å². The number of hydrogen-bond donors (Lipinski definition) is 2. The van der Waals surface area contributed by atoms with Gasteiger partial charge >= 0.3 is 0 Å².